The first-order valence-electron chi connectivity index (χ1n) is 0. The minimum Gasteiger partial charge on any atom is -2.00 e. The molecule has 0 spiro atoms. The third-order valence-corrected chi connectivity index (χ3v) is 0. The van der Waals surface area contributed by atoms with Crippen molar-refractivity contribution in [1.29, 1.82) is 0 Å². The van der Waals surface area contributed by atoms with Crippen LogP contribution in [0.5, 0.6) is 0 Å². The van der Waals surface area contributed by atoms with Crippen molar-refractivity contribution >= 4 is 23.1 Å². The first-order valence-corrected chi connectivity index (χ1v) is 0. The van der Waals surface area contributed by atoms with E-state index in [1.165, 1.54) is 0 Å². The molecule has 0 atom stereocenters. The van der Waals surface area contributed by atoms with Crippen LogP contribution in [0.3, 0.4) is 0 Å². The predicted octanol–water partition coefficient (Wildman–Crippen LogP) is -0.623. The molecule has 0 aliphatic rings. The molecule has 2 nitrogen and oxygen atoms in total. The zero-order valence-corrected chi connectivity index (χ0v) is 10.3. The summed E-state index contributed by atoms with van der Waals surface area (Å²) in [6.45, 7) is 0. The van der Waals surface area contributed by atoms with Gasteiger partial charge in [-0.2, -0.15) is 0 Å². The molecule has 16 valence electrons. The van der Waals surface area contributed by atoms with Crippen molar-refractivity contribution in [2.45, 2.75) is 0 Å². The normalized spacial score (nSPS) is 0. The molecule has 0 bridgehead atoms. The SMILES string of the molecule is [Mg+2].[O-2].[O-2].[Zn+2].[Zn+2]. The molecule has 0 saturated heterocycles. The Morgan fingerprint density at radius 1 is 0.600 bits per heavy atom. The van der Waals surface area contributed by atoms with Gasteiger partial charge in [-0.1, -0.05) is 0 Å². The van der Waals surface area contributed by atoms with Crippen molar-refractivity contribution in [2.75, 3.05) is 0 Å². The fraction of sp³-hybridized carbons (Fsp3) is 0. The van der Waals surface area contributed by atoms with E-state index < -0.39 is 0 Å². The molecule has 0 amide bonds. The van der Waals surface area contributed by atoms with Gasteiger partial charge < -0.3 is 11.0 Å². The summed E-state index contributed by atoms with van der Waals surface area (Å²) in [6.07, 6.45) is 0. The summed E-state index contributed by atoms with van der Waals surface area (Å²) in [5, 5.41) is 0. The zero-order chi connectivity index (χ0) is 0. The van der Waals surface area contributed by atoms with E-state index in [9.17, 15) is 0 Å². The fourth-order valence-corrected chi connectivity index (χ4v) is 0. The molecule has 0 unspecified atom stereocenters. The molecule has 0 aliphatic heterocycles. The van der Waals surface area contributed by atoms with E-state index in [0.29, 0.717) is 0 Å². The molecule has 0 aromatic rings. The number of rotatable bonds is 0. The van der Waals surface area contributed by atoms with Gasteiger partial charge in [0.2, 0.25) is 0 Å². The Labute approximate surface area is 72.4 Å². The van der Waals surface area contributed by atoms with Gasteiger partial charge in [-0.05, 0) is 0 Å². The van der Waals surface area contributed by atoms with E-state index in [0.717, 1.165) is 0 Å². The average Bonchev–Trinajstić information content (AvgIpc) is 0. The third-order valence-electron chi connectivity index (χ3n) is 0. The van der Waals surface area contributed by atoms with Gasteiger partial charge in [0.15, 0.2) is 0 Å². The van der Waals surface area contributed by atoms with Crippen molar-refractivity contribution < 1.29 is 49.9 Å². The summed E-state index contributed by atoms with van der Waals surface area (Å²) in [5.41, 5.74) is 0. The van der Waals surface area contributed by atoms with Crippen molar-refractivity contribution in [3.63, 3.8) is 0 Å². The molecule has 0 radical (unpaired) electrons. The van der Waals surface area contributed by atoms with E-state index >= 15 is 0 Å². The molecular weight excluding hydrogens is 187 g/mol. The minimum absolute atomic E-state index is 0. The molecule has 0 aromatic carbocycles. The van der Waals surface area contributed by atoms with Gasteiger partial charge in [-0.25, -0.2) is 0 Å². The molecule has 0 fully saturated rings. The van der Waals surface area contributed by atoms with E-state index in [1.807, 2.05) is 0 Å². The van der Waals surface area contributed by atoms with Gasteiger partial charge in [0, 0.05) is 0 Å². The fourth-order valence-electron chi connectivity index (χ4n) is 0. The van der Waals surface area contributed by atoms with E-state index in [4.69, 9.17) is 0 Å². The molecule has 0 saturated carbocycles. The minimum atomic E-state index is 0. The van der Waals surface area contributed by atoms with Crippen LogP contribution in [0.15, 0.2) is 0 Å². The molecule has 5 heteroatoms. The van der Waals surface area contributed by atoms with Gasteiger partial charge in [0.1, 0.15) is 0 Å². The second-order valence-corrected chi connectivity index (χ2v) is 0. The van der Waals surface area contributed by atoms with Crippen LogP contribution in [0.4, 0.5) is 0 Å². The van der Waals surface area contributed by atoms with Crippen LogP contribution in [0, 0.1) is 0 Å². The van der Waals surface area contributed by atoms with Gasteiger partial charge in [-0.3, -0.25) is 0 Å². The van der Waals surface area contributed by atoms with Gasteiger partial charge in [0.05, 0.1) is 0 Å². The van der Waals surface area contributed by atoms with Crippen LogP contribution in [0.2, 0.25) is 0 Å². The molecular formula is MgO2Zn2+2. The summed E-state index contributed by atoms with van der Waals surface area (Å²) in [4.78, 5) is 0. The van der Waals surface area contributed by atoms with Crippen molar-refractivity contribution in [3.05, 3.63) is 0 Å². The average molecular weight is 187 g/mol. The van der Waals surface area contributed by atoms with Crippen LogP contribution in [-0.2, 0) is 49.9 Å². The van der Waals surface area contributed by atoms with Gasteiger partial charge in [-0.15, -0.1) is 0 Å². The summed E-state index contributed by atoms with van der Waals surface area (Å²) in [5.74, 6) is 0. The Bertz CT molecular complexity index is 7.61. The number of hydrogen-bond acceptors (Lipinski definition) is 0. The predicted molar refractivity (Wildman–Crippen MR) is 7.13 cm³/mol. The molecule has 0 heterocycles. The first kappa shape index (κ1) is 65.3. The van der Waals surface area contributed by atoms with Gasteiger partial charge >= 0.3 is 62.0 Å². The molecule has 0 aliphatic carbocycles. The Balaban J connectivity index is 0. The largest absolute Gasteiger partial charge is 2.00 e. The quantitative estimate of drug-likeness (QED) is 0.454. The van der Waals surface area contributed by atoms with E-state index in [1.54, 1.807) is 0 Å². The number of hydrogen-bond donors (Lipinski definition) is 0. The van der Waals surface area contributed by atoms with Crippen LogP contribution in [0.1, 0.15) is 0 Å². The van der Waals surface area contributed by atoms with Crippen molar-refractivity contribution in [2.24, 2.45) is 0 Å². The Hall–Kier alpha value is 1.93. The second kappa shape index (κ2) is 38.6. The van der Waals surface area contributed by atoms with E-state index in [-0.39, 0.29) is 73.0 Å². The molecule has 0 rings (SSSR count). The standard InChI is InChI=1S/Mg.2O.2Zn/q+2;2*-2;2*+2. The maximum Gasteiger partial charge on any atom is 2.00 e. The van der Waals surface area contributed by atoms with Crippen LogP contribution in [0.25, 0.3) is 0 Å². The first-order chi connectivity index (χ1) is 0. The van der Waals surface area contributed by atoms with Crippen LogP contribution >= 0.6 is 0 Å². The van der Waals surface area contributed by atoms with Crippen molar-refractivity contribution in [3.8, 4) is 0 Å². The zero-order valence-electron chi connectivity index (χ0n) is 2.94. The Morgan fingerprint density at radius 3 is 0.600 bits per heavy atom. The topological polar surface area (TPSA) is 57.0 Å². The van der Waals surface area contributed by atoms with Crippen LogP contribution < -0.4 is 0 Å². The smallest absolute Gasteiger partial charge is 2.00 e. The molecule has 0 aromatic heterocycles. The third kappa shape index (κ3) is 24.6. The summed E-state index contributed by atoms with van der Waals surface area (Å²) in [6, 6.07) is 0. The molecule has 5 heavy (non-hydrogen) atoms. The Morgan fingerprint density at radius 2 is 0.600 bits per heavy atom. The maximum atomic E-state index is 0. The van der Waals surface area contributed by atoms with Crippen LogP contribution in [-0.4, -0.2) is 23.1 Å². The summed E-state index contributed by atoms with van der Waals surface area (Å²) in [7, 11) is 0. The van der Waals surface area contributed by atoms with Crippen molar-refractivity contribution in [1.82, 2.24) is 0 Å². The monoisotopic (exact) mass is 184 g/mol. The Kier molecular flexibility index (Phi) is 505. The summed E-state index contributed by atoms with van der Waals surface area (Å²) < 4.78 is 0. The molecule has 0 N–H and O–H groups in total. The summed E-state index contributed by atoms with van der Waals surface area (Å²) >= 11 is 0. The second-order valence-electron chi connectivity index (χ2n) is 0. The maximum absolute atomic E-state index is 0. The van der Waals surface area contributed by atoms with E-state index in [2.05, 4.69) is 0 Å². The van der Waals surface area contributed by atoms with Gasteiger partial charge in [0.25, 0.3) is 0 Å².